The summed E-state index contributed by atoms with van der Waals surface area (Å²) < 4.78 is 0. The number of nitrogens with one attached hydrogen (secondary N) is 1. The van der Waals surface area contributed by atoms with Crippen molar-refractivity contribution in [2.45, 2.75) is 25.8 Å². The van der Waals surface area contributed by atoms with Gasteiger partial charge in [0.15, 0.2) is 0 Å². The first-order chi connectivity index (χ1) is 9.24. The Balaban J connectivity index is 1.78. The molecule has 0 radical (unpaired) electrons. The summed E-state index contributed by atoms with van der Waals surface area (Å²) in [6.45, 7) is 2.10. The molecule has 0 bridgehead atoms. The summed E-state index contributed by atoms with van der Waals surface area (Å²) in [5.74, 6) is -0.0270. The molecule has 2 aromatic rings. The maximum absolute atomic E-state index is 12.1. The summed E-state index contributed by atoms with van der Waals surface area (Å²) in [6, 6.07) is 10.1. The van der Waals surface area contributed by atoms with Crippen LogP contribution in [0.1, 0.15) is 39.5 Å². The molecule has 1 heterocycles. The Bertz CT molecular complexity index is 607. The van der Waals surface area contributed by atoms with Gasteiger partial charge in [0.05, 0.1) is 6.04 Å². The molecule has 0 aliphatic heterocycles. The maximum Gasteiger partial charge on any atom is 0.251 e. The van der Waals surface area contributed by atoms with Crippen molar-refractivity contribution in [3.63, 3.8) is 0 Å². The number of benzene rings is 1. The number of carbonyl (C=O) groups is 1. The van der Waals surface area contributed by atoms with Crippen molar-refractivity contribution in [2.75, 3.05) is 0 Å². The molecule has 1 aromatic carbocycles. The number of nitrogens with zero attached hydrogens (tertiary/aromatic N) is 1. The van der Waals surface area contributed by atoms with Crippen molar-refractivity contribution >= 4 is 5.91 Å². The van der Waals surface area contributed by atoms with E-state index in [1.807, 2.05) is 0 Å². The molecule has 1 amide bonds. The van der Waals surface area contributed by atoms with Crippen molar-refractivity contribution in [3.8, 4) is 0 Å². The third-order valence-electron chi connectivity index (χ3n) is 3.62. The fourth-order valence-corrected chi connectivity index (χ4v) is 2.64. The van der Waals surface area contributed by atoms with Gasteiger partial charge in [-0.2, -0.15) is 0 Å². The van der Waals surface area contributed by atoms with Crippen LogP contribution in [0, 0.1) is 6.92 Å². The first-order valence-electron chi connectivity index (χ1n) is 6.54. The Morgan fingerprint density at radius 3 is 2.84 bits per heavy atom. The lowest BCUT2D eigenvalue weighted by atomic mass is 10.1. The molecule has 3 nitrogen and oxygen atoms in total. The number of hydrogen-bond donors (Lipinski definition) is 1. The number of rotatable bonds is 2. The van der Waals surface area contributed by atoms with Gasteiger partial charge >= 0.3 is 0 Å². The fraction of sp³-hybridized carbons (Fsp3) is 0.250. The van der Waals surface area contributed by atoms with E-state index in [9.17, 15) is 4.79 Å². The summed E-state index contributed by atoms with van der Waals surface area (Å²) in [5.41, 5.74) is 4.56. The van der Waals surface area contributed by atoms with Crippen LogP contribution >= 0.6 is 0 Å². The summed E-state index contributed by atoms with van der Waals surface area (Å²) in [7, 11) is 0. The predicted molar refractivity (Wildman–Crippen MR) is 73.9 cm³/mol. The molecule has 0 unspecified atom stereocenters. The highest BCUT2D eigenvalue weighted by molar-refractivity contribution is 5.94. The molecule has 96 valence electrons. The van der Waals surface area contributed by atoms with Gasteiger partial charge in [-0.3, -0.25) is 9.78 Å². The molecule has 1 atom stereocenters. The second-order valence-electron chi connectivity index (χ2n) is 5.00. The summed E-state index contributed by atoms with van der Waals surface area (Å²) in [5, 5.41) is 3.10. The van der Waals surface area contributed by atoms with E-state index >= 15 is 0 Å². The van der Waals surface area contributed by atoms with Gasteiger partial charge in [0.2, 0.25) is 0 Å². The second kappa shape index (κ2) is 4.84. The van der Waals surface area contributed by atoms with E-state index in [2.05, 4.69) is 35.4 Å². The number of amides is 1. The minimum absolute atomic E-state index is 0.0270. The van der Waals surface area contributed by atoms with Crippen molar-refractivity contribution in [2.24, 2.45) is 0 Å². The maximum atomic E-state index is 12.1. The SMILES string of the molecule is Cc1ccc2c(c1)CC[C@H]2NC(=O)c1ccncc1. The standard InChI is InChI=1S/C16H16N2O/c1-11-2-4-14-13(10-11)3-5-15(14)18-16(19)12-6-8-17-9-7-12/h2,4,6-10,15H,3,5H2,1H3,(H,18,19)/t15-/m1/s1. The lowest BCUT2D eigenvalue weighted by Gasteiger charge is -2.14. The zero-order valence-corrected chi connectivity index (χ0v) is 10.9. The zero-order chi connectivity index (χ0) is 13.2. The van der Waals surface area contributed by atoms with Gasteiger partial charge < -0.3 is 5.32 Å². The summed E-state index contributed by atoms with van der Waals surface area (Å²) >= 11 is 0. The first kappa shape index (κ1) is 11.9. The van der Waals surface area contributed by atoms with Crippen LogP contribution in [-0.4, -0.2) is 10.9 Å². The van der Waals surface area contributed by atoms with Crippen molar-refractivity contribution < 1.29 is 4.79 Å². The second-order valence-corrected chi connectivity index (χ2v) is 5.00. The molecule has 0 saturated heterocycles. The molecule has 1 aliphatic rings. The molecule has 3 rings (SSSR count). The number of fused-ring (bicyclic) bond motifs is 1. The van der Waals surface area contributed by atoms with E-state index in [4.69, 9.17) is 0 Å². The van der Waals surface area contributed by atoms with E-state index in [1.165, 1.54) is 16.7 Å². The Labute approximate surface area is 112 Å². The van der Waals surface area contributed by atoms with Crippen molar-refractivity contribution in [3.05, 3.63) is 65.0 Å². The van der Waals surface area contributed by atoms with Crippen LogP contribution in [0.2, 0.25) is 0 Å². The smallest absolute Gasteiger partial charge is 0.251 e. The number of pyridine rings is 1. The van der Waals surface area contributed by atoms with E-state index < -0.39 is 0 Å². The molecule has 1 N–H and O–H groups in total. The summed E-state index contributed by atoms with van der Waals surface area (Å²) in [4.78, 5) is 16.1. The van der Waals surface area contributed by atoms with Gasteiger partial charge in [-0.05, 0) is 43.0 Å². The Morgan fingerprint density at radius 2 is 2.05 bits per heavy atom. The van der Waals surface area contributed by atoms with Gasteiger partial charge in [-0.15, -0.1) is 0 Å². The van der Waals surface area contributed by atoms with Gasteiger partial charge in [-0.25, -0.2) is 0 Å². The Hall–Kier alpha value is -2.16. The van der Waals surface area contributed by atoms with Gasteiger partial charge in [-0.1, -0.05) is 23.8 Å². The topological polar surface area (TPSA) is 42.0 Å². The van der Waals surface area contributed by atoms with Crippen LogP contribution in [-0.2, 0) is 6.42 Å². The Morgan fingerprint density at radius 1 is 1.26 bits per heavy atom. The normalized spacial score (nSPS) is 17.0. The van der Waals surface area contributed by atoms with E-state index in [0.29, 0.717) is 5.56 Å². The predicted octanol–water partition coefficient (Wildman–Crippen LogP) is 2.81. The zero-order valence-electron chi connectivity index (χ0n) is 10.9. The summed E-state index contributed by atoms with van der Waals surface area (Å²) in [6.07, 6.45) is 5.30. The third-order valence-corrected chi connectivity index (χ3v) is 3.62. The van der Waals surface area contributed by atoms with E-state index in [1.54, 1.807) is 24.5 Å². The average molecular weight is 252 g/mol. The van der Waals surface area contributed by atoms with Crippen LogP contribution < -0.4 is 5.32 Å². The molecule has 1 aliphatic carbocycles. The monoisotopic (exact) mass is 252 g/mol. The fourth-order valence-electron chi connectivity index (χ4n) is 2.64. The molecule has 0 fully saturated rings. The van der Waals surface area contributed by atoms with Crippen LogP contribution in [0.3, 0.4) is 0 Å². The van der Waals surface area contributed by atoms with Gasteiger partial charge in [0.1, 0.15) is 0 Å². The average Bonchev–Trinajstić information content (AvgIpc) is 2.82. The molecule has 1 aromatic heterocycles. The third kappa shape index (κ3) is 2.36. The van der Waals surface area contributed by atoms with Crippen LogP contribution in [0.4, 0.5) is 0 Å². The number of hydrogen-bond acceptors (Lipinski definition) is 2. The van der Waals surface area contributed by atoms with Crippen LogP contribution in [0.25, 0.3) is 0 Å². The van der Waals surface area contributed by atoms with E-state index in [0.717, 1.165) is 12.8 Å². The lowest BCUT2D eigenvalue weighted by molar-refractivity contribution is 0.0936. The largest absolute Gasteiger partial charge is 0.345 e. The quantitative estimate of drug-likeness (QED) is 0.893. The molecule has 0 spiro atoms. The molecular formula is C16H16N2O. The van der Waals surface area contributed by atoms with Gasteiger partial charge in [0.25, 0.3) is 5.91 Å². The van der Waals surface area contributed by atoms with Crippen molar-refractivity contribution in [1.82, 2.24) is 10.3 Å². The molecular weight excluding hydrogens is 236 g/mol. The van der Waals surface area contributed by atoms with E-state index in [-0.39, 0.29) is 11.9 Å². The van der Waals surface area contributed by atoms with Crippen LogP contribution in [0.15, 0.2) is 42.7 Å². The number of carbonyl (C=O) groups excluding carboxylic acids is 1. The minimum atomic E-state index is -0.0270. The minimum Gasteiger partial charge on any atom is -0.345 e. The first-order valence-corrected chi connectivity index (χ1v) is 6.54. The number of aryl methyl sites for hydroxylation is 2. The lowest BCUT2D eigenvalue weighted by Crippen LogP contribution is -2.27. The van der Waals surface area contributed by atoms with Gasteiger partial charge in [0, 0.05) is 18.0 Å². The molecule has 0 saturated carbocycles. The van der Waals surface area contributed by atoms with Crippen molar-refractivity contribution in [1.29, 1.82) is 0 Å². The highest BCUT2D eigenvalue weighted by Gasteiger charge is 2.24. The highest BCUT2D eigenvalue weighted by Crippen LogP contribution is 2.31. The Kier molecular flexibility index (Phi) is 3.03. The molecule has 3 heteroatoms. The number of aromatic nitrogens is 1. The molecule has 19 heavy (non-hydrogen) atoms. The highest BCUT2D eigenvalue weighted by atomic mass is 16.1. The van der Waals surface area contributed by atoms with Crippen LogP contribution in [0.5, 0.6) is 0 Å².